The highest BCUT2D eigenvalue weighted by atomic mass is 79.9. The molecule has 0 saturated heterocycles. The Hall–Kier alpha value is -0.0100. The van der Waals surface area contributed by atoms with E-state index in [9.17, 15) is 4.79 Å². The molecule has 0 aromatic rings. The Morgan fingerprint density at radius 1 is 1.33 bits per heavy atom. The van der Waals surface area contributed by atoms with Crippen LogP contribution in [0.1, 0.15) is 0 Å². The minimum Gasteiger partial charge on any atom is -0.394 e. The molecule has 12 heavy (non-hydrogen) atoms. The number of alkyl halides is 1. The highest BCUT2D eigenvalue weighted by molar-refractivity contribution is 9.09. The summed E-state index contributed by atoms with van der Waals surface area (Å²) in [7, 11) is 0. The van der Waals surface area contributed by atoms with Crippen molar-refractivity contribution in [2.45, 2.75) is 23.1 Å². The molecule has 5 nitrogen and oxygen atoms in total. The predicted molar refractivity (Wildman–Crippen MR) is 43.9 cm³/mol. The van der Waals surface area contributed by atoms with Crippen molar-refractivity contribution in [3.63, 3.8) is 0 Å². The molecule has 0 fully saturated rings. The number of aldehydes is 1. The van der Waals surface area contributed by atoms with Crippen LogP contribution >= 0.6 is 15.9 Å². The lowest BCUT2D eigenvalue weighted by Crippen LogP contribution is -2.42. The second-order valence-corrected chi connectivity index (χ2v) is 3.37. The quantitative estimate of drug-likeness (QED) is 0.331. The first-order valence-corrected chi connectivity index (χ1v) is 4.20. The van der Waals surface area contributed by atoms with Crippen molar-refractivity contribution in [2.75, 3.05) is 6.61 Å². The molecule has 6 heteroatoms. The van der Waals surface area contributed by atoms with Gasteiger partial charge in [-0.25, -0.2) is 0 Å². The van der Waals surface area contributed by atoms with Crippen molar-refractivity contribution in [1.29, 1.82) is 0 Å². The fraction of sp³-hybridized carbons (Fsp3) is 0.833. The summed E-state index contributed by atoms with van der Waals surface area (Å²) in [5, 5.41) is 35.3. The normalized spacial score (nSPS) is 21.1. The maximum Gasteiger partial charge on any atom is 0.151 e. The second kappa shape index (κ2) is 5.60. The van der Waals surface area contributed by atoms with Gasteiger partial charge in [0, 0.05) is 0 Å². The van der Waals surface area contributed by atoms with Crippen LogP contribution in [0, 0.1) is 0 Å². The largest absolute Gasteiger partial charge is 0.394 e. The second-order valence-electron chi connectivity index (χ2n) is 2.31. The standard InChI is InChI=1S/C6H11BrO5/c7-5(3(10)1-8)6(12)4(11)2-9/h2-6,8,10-12H,1H2/t3-,4-,5+,6-/m1/s1. The maximum atomic E-state index is 9.99. The lowest BCUT2D eigenvalue weighted by Gasteiger charge is -2.22. The first-order chi connectivity index (χ1) is 5.54. The molecular formula is C6H11BrO5. The fourth-order valence-electron chi connectivity index (χ4n) is 0.597. The average molecular weight is 243 g/mol. The third-order valence-corrected chi connectivity index (χ3v) is 2.52. The smallest absolute Gasteiger partial charge is 0.151 e. The van der Waals surface area contributed by atoms with E-state index < -0.39 is 29.7 Å². The van der Waals surface area contributed by atoms with Gasteiger partial charge in [0.15, 0.2) is 6.29 Å². The Bertz CT molecular complexity index is 142. The highest BCUT2D eigenvalue weighted by Crippen LogP contribution is 2.13. The topological polar surface area (TPSA) is 98.0 Å². The number of hydrogen-bond acceptors (Lipinski definition) is 5. The van der Waals surface area contributed by atoms with E-state index in [1.807, 2.05) is 0 Å². The van der Waals surface area contributed by atoms with E-state index in [0.29, 0.717) is 0 Å². The number of rotatable bonds is 5. The number of aliphatic hydroxyl groups excluding tert-OH is 4. The van der Waals surface area contributed by atoms with E-state index >= 15 is 0 Å². The Morgan fingerprint density at radius 3 is 2.17 bits per heavy atom. The zero-order valence-corrected chi connectivity index (χ0v) is 7.75. The summed E-state index contributed by atoms with van der Waals surface area (Å²) in [5.74, 6) is 0. The summed E-state index contributed by atoms with van der Waals surface area (Å²) in [4.78, 5) is 9.06. The molecule has 0 saturated carbocycles. The van der Waals surface area contributed by atoms with Crippen LogP contribution in [-0.4, -0.2) is 56.5 Å². The minimum atomic E-state index is -1.56. The third kappa shape index (κ3) is 3.16. The van der Waals surface area contributed by atoms with Crippen molar-refractivity contribution in [3.8, 4) is 0 Å². The molecule has 0 rings (SSSR count). The monoisotopic (exact) mass is 242 g/mol. The molecule has 4 N–H and O–H groups in total. The van der Waals surface area contributed by atoms with Gasteiger partial charge in [0.1, 0.15) is 12.2 Å². The van der Waals surface area contributed by atoms with E-state index in [2.05, 4.69) is 15.9 Å². The van der Waals surface area contributed by atoms with Gasteiger partial charge in [0.25, 0.3) is 0 Å². The Kier molecular flexibility index (Phi) is 5.60. The molecule has 0 radical (unpaired) electrons. The number of carbonyl (C=O) groups is 1. The summed E-state index contributed by atoms with van der Waals surface area (Å²) in [6, 6.07) is 0. The SMILES string of the molecule is O=C[C@@H](O)[C@@H](O)[C@@H](Br)[C@H](O)CO. The zero-order valence-electron chi connectivity index (χ0n) is 6.17. The van der Waals surface area contributed by atoms with Crippen molar-refractivity contribution in [3.05, 3.63) is 0 Å². The summed E-state index contributed by atoms with van der Waals surface area (Å²) in [5.41, 5.74) is 0. The van der Waals surface area contributed by atoms with Gasteiger partial charge in [0.05, 0.1) is 17.5 Å². The lowest BCUT2D eigenvalue weighted by molar-refractivity contribution is -0.121. The summed E-state index contributed by atoms with van der Waals surface area (Å²) < 4.78 is 0. The molecule has 0 amide bonds. The molecule has 0 aliphatic heterocycles. The molecule has 0 aliphatic carbocycles. The Morgan fingerprint density at radius 2 is 1.83 bits per heavy atom. The number of hydrogen-bond donors (Lipinski definition) is 4. The van der Waals surface area contributed by atoms with Gasteiger partial charge in [-0.2, -0.15) is 0 Å². The molecular weight excluding hydrogens is 232 g/mol. The van der Waals surface area contributed by atoms with Crippen molar-refractivity contribution >= 4 is 22.2 Å². The molecule has 0 unspecified atom stereocenters. The van der Waals surface area contributed by atoms with Crippen molar-refractivity contribution in [1.82, 2.24) is 0 Å². The Labute approximate surface area is 77.8 Å². The van der Waals surface area contributed by atoms with Gasteiger partial charge in [-0.05, 0) is 0 Å². The first-order valence-electron chi connectivity index (χ1n) is 3.29. The first kappa shape index (κ1) is 12.0. The van der Waals surface area contributed by atoms with Gasteiger partial charge in [0.2, 0.25) is 0 Å². The number of halogens is 1. The minimum absolute atomic E-state index is 0.156. The van der Waals surface area contributed by atoms with Gasteiger partial charge in [-0.3, -0.25) is 0 Å². The van der Waals surface area contributed by atoms with E-state index in [4.69, 9.17) is 20.4 Å². The fourth-order valence-corrected chi connectivity index (χ4v) is 1.08. The molecule has 72 valence electrons. The summed E-state index contributed by atoms with van der Waals surface area (Å²) in [6.07, 6.45) is -4.04. The van der Waals surface area contributed by atoms with Crippen LogP contribution < -0.4 is 0 Å². The molecule has 0 aromatic carbocycles. The highest BCUT2D eigenvalue weighted by Gasteiger charge is 2.29. The van der Waals surface area contributed by atoms with E-state index in [-0.39, 0.29) is 6.29 Å². The van der Waals surface area contributed by atoms with Crippen LogP contribution in [-0.2, 0) is 4.79 Å². The molecule has 0 heterocycles. The number of carbonyl (C=O) groups excluding carboxylic acids is 1. The molecule has 0 spiro atoms. The maximum absolute atomic E-state index is 9.99. The molecule has 0 bridgehead atoms. The van der Waals surface area contributed by atoms with E-state index in [1.165, 1.54) is 0 Å². The van der Waals surface area contributed by atoms with Crippen LogP contribution in [0.4, 0.5) is 0 Å². The summed E-state index contributed by atoms with van der Waals surface area (Å²) in [6.45, 7) is -0.557. The van der Waals surface area contributed by atoms with Crippen LogP contribution in [0.15, 0.2) is 0 Å². The van der Waals surface area contributed by atoms with Crippen LogP contribution in [0.3, 0.4) is 0 Å². The van der Waals surface area contributed by atoms with Gasteiger partial charge in [-0.1, -0.05) is 15.9 Å². The number of aliphatic hydroxyl groups is 4. The molecule has 0 aromatic heterocycles. The zero-order chi connectivity index (χ0) is 9.72. The summed E-state index contributed by atoms with van der Waals surface area (Å²) >= 11 is 2.83. The molecule has 0 aliphatic rings. The van der Waals surface area contributed by atoms with Gasteiger partial charge >= 0.3 is 0 Å². The van der Waals surface area contributed by atoms with E-state index in [0.717, 1.165) is 0 Å². The lowest BCUT2D eigenvalue weighted by atomic mass is 10.1. The molecule has 4 atom stereocenters. The van der Waals surface area contributed by atoms with Gasteiger partial charge < -0.3 is 25.2 Å². The Balaban J connectivity index is 4.07. The van der Waals surface area contributed by atoms with Crippen LogP contribution in [0.2, 0.25) is 0 Å². The van der Waals surface area contributed by atoms with Crippen molar-refractivity contribution in [2.24, 2.45) is 0 Å². The van der Waals surface area contributed by atoms with E-state index in [1.54, 1.807) is 0 Å². The van der Waals surface area contributed by atoms with Crippen LogP contribution in [0.25, 0.3) is 0 Å². The van der Waals surface area contributed by atoms with Crippen LogP contribution in [0.5, 0.6) is 0 Å². The van der Waals surface area contributed by atoms with Gasteiger partial charge in [-0.15, -0.1) is 0 Å². The average Bonchev–Trinajstić information content (AvgIpc) is 2.12. The third-order valence-electron chi connectivity index (χ3n) is 1.37. The predicted octanol–water partition coefficient (Wildman–Crippen LogP) is -1.98. The van der Waals surface area contributed by atoms with Crippen molar-refractivity contribution < 1.29 is 25.2 Å².